The minimum atomic E-state index is 0.939. The summed E-state index contributed by atoms with van der Waals surface area (Å²) in [5, 5.41) is 10.5. The van der Waals surface area contributed by atoms with Gasteiger partial charge in [-0.1, -0.05) is 37.6 Å². The van der Waals surface area contributed by atoms with Crippen molar-refractivity contribution in [2.45, 2.75) is 39.0 Å². The fourth-order valence-electron chi connectivity index (χ4n) is 1.65. The molecule has 0 saturated carbocycles. The van der Waals surface area contributed by atoms with Gasteiger partial charge in [0.25, 0.3) is 0 Å². The number of unbranched alkanes of at least 4 members (excludes halogenated alkanes) is 1. The molecule has 0 aliphatic carbocycles. The summed E-state index contributed by atoms with van der Waals surface area (Å²) in [6.45, 7) is 2.22. The van der Waals surface area contributed by atoms with Crippen molar-refractivity contribution in [2.24, 2.45) is 0 Å². The first kappa shape index (κ1) is 13.1. The van der Waals surface area contributed by atoms with E-state index in [1.54, 1.807) is 0 Å². The van der Waals surface area contributed by atoms with Crippen LogP contribution in [0.4, 0.5) is 0 Å². The Kier molecular flexibility index (Phi) is 6.76. The number of hydrogen-bond acceptors (Lipinski definition) is 2. The highest BCUT2D eigenvalue weighted by Crippen LogP contribution is 2.11. The number of nitrogens with zero attached hydrogens (tertiary/aromatic N) is 1. The second-order valence-corrected chi connectivity index (χ2v) is 4.84. The van der Waals surface area contributed by atoms with E-state index < -0.39 is 0 Å². The van der Waals surface area contributed by atoms with Gasteiger partial charge in [-0.25, -0.2) is 0 Å². The lowest BCUT2D eigenvalue weighted by Crippen LogP contribution is -1.89. The van der Waals surface area contributed by atoms with Gasteiger partial charge in [0.2, 0.25) is 0 Å². The summed E-state index contributed by atoms with van der Waals surface area (Å²) in [6.07, 6.45) is 5.90. The topological polar surface area (TPSA) is 23.8 Å². The molecule has 1 aromatic carbocycles. The van der Waals surface area contributed by atoms with Crippen molar-refractivity contribution < 1.29 is 0 Å². The Balaban J connectivity index is 2.31. The Morgan fingerprint density at radius 1 is 1.06 bits per heavy atom. The second kappa shape index (κ2) is 8.24. The molecule has 0 radical (unpaired) electrons. The van der Waals surface area contributed by atoms with E-state index in [2.05, 4.69) is 36.6 Å². The summed E-state index contributed by atoms with van der Waals surface area (Å²) in [5.74, 6) is 0.939. The minimum Gasteiger partial charge on any atom is -0.185 e. The maximum atomic E-state index is 8.40. The molecule has 0 spiro atoms. The molecule has 0 aliphatic heterocycles. The summed E-state index contributed by atoms with van der Waals surface area (Å²) in [4.78, 5) is 0. The number of thioether (sulfide) groups is 1. The SMILES string of the molecule is CCCCc1ccc(CCCSC#N)cc1. The molecular weight excluding hydrogens is 214 g/mol. The van der Waals surface area contributed by atoms with Gasteiger partial charge in [0.05, 0.1) is 0 Å². The van der Waals surface area contributed by atoms with Crippen molar-refractivity contribution in [3.05, 3.63) is 35.4 Å². The Hall–Kier alpha value is -0.940. The van der Waals surface area contributed by atoms with Crippen molar-refractivity contribution in [1.82, 2.24) is 0 Å². The lowest BCUT2D eigenvalue weighted by molar-refractivity contribution is 0.794. The predicted molar refractivity (Wildman–Crippen MR) is 71.4 cm³/mol. The Morgan fingerprint density at radius 3 is 2.12 bits per heavy atom. The van der Waals surface area contributed by atoms with Crippen LogP contribution in [0.15, 0.2) is 24.3 Å². The third-order valence-electron chi connectivity index (χ3n) is 2.62. The normalized spacial score (nSPS) is 10.0. The molecule has 0 N–H and O–H groups in total. The van der Waals surface area contributed by atoms with E-state index in [0.717, 1.165) is 18.6 Å². The fourth-order valence-corrected chi connectivity index (χ4v) is 2.03. The van der Waals surface area contributed by atoms with Gasteiger partial charge in [-0.3, -0.25) is 0 Å². The van der Waals surface area contributed by atoms with E-state index in [9.17, 15) is 0 Å². The average molecular weight is 233 g/mol. The average Bonchev–Trinajstić information content (AvgIpc) is 2.33. The van der Waals surface area contributed by atoms with E-state index in [4.69, 9.17) is 5.26 Å². The van der Waals surface area contributed by atoms with Gasteiger partial charge >= 0.3 is 0 Å². The monoisotopic (exact) mass is 233 g/mol. The smallest absolute Gasteiger partial charge is 0.133 e. The van der Waals surface area contributed by atoms with Crippen LogP contribution in [0.1, 0.15) is 37.3 Å². The quantitative estimate of drug-likeness (QED) is 0.521. The fraction of sp³-hybridized carbons (Fsp3) is 0.500. The predicted octanol–water partition coefficient (Wildman–Crippen LogP) is 4.18. The molecule has 0 unspecified atom stereocenters. The first-order valence-corrected chi connectivity index (χ1v) is 6.94. The molecule has 1 nitrogen and oxygen atoms in total. The standard InChI is InChI=1S/C14H19NS/c1-2-3-5-13-7-9-14(10-8-13)6-4-11-16-12-15/h7-10H,2-6,11H2,1H3. The van der Waals surface area contributed by atoms with E-state index in [1.165, 1.54) is 42.2 Å². The van der Waals surface area contributed by atoms with E-state index >= 15 is 0 Å². The molecule has 0 saturated heterocycles. The van der Waals surface area contributed by atoms with Gasteiger partial charge in [0.15, 0.2) is 0 Å². The molecule has 0 atom stereocenters. The number of thiocyanates is 1. The van der Waals surface area contributed by atoms with Crippen molar-refractivity contribution in [3.8, 4) is 5.40 Å². The van der Waals surface area contributed by atoms with Crippen LogP contribution in [-0.4, -0.2) is 5.75 Å². The summed E-state index contributed by atoms with van der Waals surface area (Å²) >= 11 is 1.35. The first-order valence-electron chi connectivity index (χ1n) is 5.95. The zero-order valence-electron chi connectivity index (χ0n) is 9.91. The zero-order chi connectivity index (χ0) is 11.6. The van der Waals surface area contributed by atoms with Crippen LogP contribution in [0, 0.1) is 10.7 Å². The van der Waals surface area contributed by atoms with Gasteiger partial charge < -0.3 is 0 Å². The highest BCUT2D eigenvalue weighted by Gasteiger charge is 1.95. The Labute approximate surface area is 103 Å². The molecule has 1 rings (SSSR count). The third-order valence-corrected chi connectivity index (χ3v) is 3.24. The van der Waals surface area contributed by atoms with E-state index in [-0.39, 0.29) is 0 Å². The lowest BCUT2D eigenvalue weighted by atomic mass is 10.0. The zero-order valence-corrected chi connectivity index (χ0v) is 10.7. The molecule has 86 valence electrons. The molecule has 0 amide bonds. The molecule has 0 aromatic heterocycles. The number of nitriles is 1. The number of hydrogen-bond donors (Lipinski definition) is 0. The van der Waals surface area contributed by atoms with Crippen LogP contribution in [0.5, 0.6) is 0 Å². The summed E-state index contributed by atoms with van der Waals surface area (Å²) < 4.78 is 0. The molecule has 0 aliphatic rings. The molecule has 0 heterocycles. The van der Waals surface area contributed by atoms with Gasteiger partial charge in [-0.2, -0.15) is 5.26 Å². The van der Waals surface area contributed by atoms with Crippen molar-refractivity contribution >= 4 is 11.8 Å². The van der Waals surface area contributed by atoms with Crippen LogP contribution < -0.4 is 0 Å². The van der Waals surface area contributed by atoms with Crippen LogP contribution in [-0.2, 0) is 12.8 Å². The van der Waals surface area contributed by atoms with E-state index in [0.29, 0.717) is 0 Å². The number of aryl methyl sites for hydroxylation is 2. The highest BCUT2D eigenvalue weighted by atomic mass is 32.2. The summed E-state index contributed by atoms with van der Waals surface area (Å²) in [7, 11) is 0. The highest BCUT2D eigenvalue weighted by molar-refractivity contribution is 8.03. The molecule has 0 bridgehead atoms. The van der Waals surface area contributed by atoms with Crippen LogP contribution in [0.3, 0.4) is 0 Å². The first-order chi connectivity index (χ1) is 7.86. The molecule has 16 heavy (non-hydrogen) atoms. The molecule has 0 fully saturated rings. The minimum absolute atomic E-state index is 0.939. The van der Waals surface area contributed by atoms with Crippen molar-refractivity contribution in [1.29, 1.82) is 5.26 Å². The van der Waals surface area contributed by atoms with Gasteiger partial charge in [0.1, 0.15) is 5.40 Å². The summed E-state index contributed by atoms with van der Waals surface area (Å²) in [5.41, 5.74) is 2.83. The van der Waals surface area contributed by atoms with Crippen LogP contribution in [0.2, 0.25) is 0 Å². The third kappa shape index (κ3) is 5.23. The maximum Gasteiger partial charge on any atom is 0.133 e. The van der Waals surface area contributed by atoms with Crippen LogP contribution >= 0.6 is 11.8 Å². The molecular formula is C14H19NS. The maximum absolute atomic E-state index is 8.40. The molecule has 1 aromatic rings. The van der Waals surface area contributed by atoms with E-state index in [1.807, 2.05) is 0 Å². The van der Waals surface area contributed by atoms with Gasteiger partial charge in [0, 0.05) is 5.75 Å². The Bertz CT molecular complexity index is 324. The van der Waals surface area contributed by atoms with Gasteiger partial charge in [-0.05, 0) is 48.6 Å². The largest absolute Gasteiger partial charge is 0.185 e. The Morgan fingerprint density at radius 2 is 1.62 bits per heavy atom. The van der Waals surface area contributed by atoms with Crippen molar-refractivity contribution in [3.63, 3.8) is 0 Å². The van der Waals surface area contributed by atoms with Crippen molar-refractivity contribution in [2.75, 3.05) is 5.75 Å². The second-order valence-electron chi connectivity index (χ2n) is 3.96. The number of rotatable bonds is 7. The summed E-state index contributed by atoms with van der Waals surface area (Å²) in [6, 6.07) is 8.93. The molecule has 2 heteroatoms. The number of benzene rings is 1. The van der Waals surface area contributed by atoms with Gasteiger partial charge in [-0.15, -0.1) is 0 Å². The van der Waals surface area contributed by atoms with Crippen LogP contribution in [0.25, 0.3) is 0 Å². The lowest BCUT2D eigenvalue weighted by Gasteiger charge is -2.03.